The van der Waals surface area contributed by atoms with E-state index in [-0.39, 0.29) is 49.6 Å². The third kappa shape index (κ3) is 5.22. The van der Waals surface area contributed by atoms with Crippen molar-refractivity contribution in [1.29, 1.82) is 0 Å². The molecule has 9 nitrogen and oxygen atoms in total. The lowest BCUT2D eigenvalue weighted by Gasteiger charge is -2.63. The van der Waals surface area contributed by atoms with Crippen LogP contribution < -0.4 is 0 Å². The maximum atomic E-state index is 14.0. The van der Waals surface area contributed by atoms with Gasteiger partial charge in [0, 0.05) is 10.8 Å². The summed E-state index contributed by atoms with van der Waals surface area (Å²) in [5.41, 5.74) is -2.59. The number of aliphatic hydroxyl groups is 1. The fourth-order valence-electron chi connectivity index (χ4n) is 7.87. The number of hydrogen-bond acceptors (Lipinski definition) is 9. The van der Waals surface area contributed by atoms with E-state index in [1.807, 2.05) is 34.6 Å². The van der Waals surface area contributed by atoms with Crippen LogP contribution >= 0.6 is 11.6 Å². The second-order valence-corrected chi connectivity index (χ2v) is 13.5. The Bertz CT molecular complexity index is 1130. The molecule has 4 aliphatic carbocycles. The number of hydrogen-bond donors (Lipinski definition) is 1. The number of rotatable bonds is 9. The Morgan fingerprint density at radius 2 is 1.83 bits per heavy atom. The molecule has 41 heavy (non-hydrogen) atoms. The van der Waals surface area contributed by atoms with Crippen molar-refractivity contribution in [3.05, 3.63) is 23.8 Å². The van der Waals surface area contributed by atoms with Crippen molar-refractivity contribution in [3.63, 3.8) is 0 Å². The Labute approximate surface area is 246 Å². The van der Waals surface area contributed by atoms with Crippen LogP contribution in [0.25, 0.3) is 0 Å². The first-order chi connectivity index (χ1) is 19.2. The van der Waals surface area contributed by atoms with Gasteiger partial charge in [-0.2, -0.15) is 0 Å². The summed E-state index contributed by atoms with van der Waals surface area (Å²) in [5, 5.41) is 11.8. The van der Waals surface area contributed by atoms with Crippen molar-refractivity contribution < 1.29 is 43.2 Å². The van der Waals surface area contributed by atoms with E-state index in [9.17, 15) is 24.3 Å². The second kappa shape index (κ2) is 11.7. The molecule has 3 fully saturated rings. The van der Waals surface area contributed by atoms with Crippen LogP contribution in [-0.2, 0) is 28.5 Å². The number of ketones is 2. The molecular formula is C31H43ClO9. The monoisotopic (exact) mass is 594 g/mol. The lowest BCUT2D eigenvalue weighted by atomic mass is 9.45. The number of carbonyl (C=O) groups is 4. The van der Waals surface area contributed by atoms with Crippen LogP contribution in [0.4, 0.5) is 9.59 Å². The van der Waals surface area contributed by atoms with Crippen molar-refractivity contribution >= 4 is 35.5 Å². The third-order valence-corrected chi connectivity index (χ3v) is 11.0. The Hall–Kier alpha value is -2.39. The molecule has 0 aromatic carbocycles. The Kier molecular flexibility index (Phi) is 9.01. The van der Waals surface area contributed by atoms with Crippen LogP contribution in [0, 0.1) is 28.6 Å². The molecule has 0 aromatic heterocycles. The first-order valence-electron chi connectivity index (χ1n) is 14.7. The van der Waals surface area contributed by atoms with Gasteiger partial charge in [0.25, 0.3) is 0 Å². The van der Waals surface area contributed by atoms with Crippen LogP contribution in [0.15, 0.2) is 23.8 Å². The van der Waals surface area contributed by atoms with Gasteiger partial charge in [-0.15, -0.1) is 11.6 Å². The molecule has 0 aromatic rings. The van der Waals surface area contributed by atoms with Gasteiger partial charge in [0.1, 0.15) is 0 Å². The van der Waals surface area contributed by atoms with Crippen LogP contribution in [0.2, 0.25) is 0 Å². The molecule has 0 bridgehead atoms. The predicted octanol–water partition coefficient (Wildman–Crippen LogP) is 5.70. The molecule has 1 unspecified atom stereocenters. The second-order valence-electron chi connectivity index (χ2n) is 12.9. The van der Waals surface area contributed by atoms with Gasteiger partial charge in [-0.25, -0.2) is 9.59 Å². The molecule has 0 amide bonds. The van der Waals surface area contributed by atoms with Crippen LogP contribution in [0.5, 0.6) is 0 Å². The van der Waals surface area contributed by atoms with Gasteiger partial charge in [0.15, 0.2) is 18.0 Å². The highest BCUT2D eigenvalue weighted by Gasteiger charge is 2.74. The Morgan fingerprint density at radius 3 is 2.51 bits per heavy atom. The highest BCUT2D eigenvalue weighted by molar-refractivity contribution is 6.26. The van der Waals surface area contributed by atoms with Gasteiger partial charge in [-0.1, -0.05) is 52.7 Å². The summed E-state index contributed by atoms with van der Waals surface area (Å²) >= 11 is 7.49. The summed E-state index contributed by atoms with van der Waals surface area (Å²) in [7, 11) is 0. The number of carbonyl (C=O) groups excluding carboxylic acids is 4. The first-order valence-corrected chi connectivity index (χ1v) is 15.1. The number of Topliss-reactive ketones (excluding diaryl/α,β-unsaturated/α-hetero) is 1. The van der Waals surface area contributed by atoms with Gasteiger partial charge in [-0.05, 0) is 68.4 Å². The molecule has 3 saturated carbocycles. The predicted molar refractivity (Wildman–Crippen MR) is 150 cm³/mol. The van der Waals surface area contributed by atoms with Crippen LogP contribution in [0.3, 0.4) is 0 Å². The lowest BCUT2D eigenvalue weighted by molar-refractivity contribution is -0.179. The molecule has 4 aliphatic rings. The average molecular weight is 595 g/mol. The molecule has 0 spiro atoms. The summed E-state index contributed by atoms with van der Waals surface area (Å²) < 4.78 is 21.5. The molecule has 0 saturated heterocycles. The normalized spacial score (nSPS) is 37.4. The highest BCUT2D eigenvalue weighted by atomic mass is 35.5. The van der Waals surface area contributed by atoms with Crippen LogP contribution in [0.1, 0.15) is 79.6 Å². The van der Waals surface area contributed by atoms with E-state index >= 15 is 0 Å². The number of allylic oxidation sites excluding steroid dienone is 4. The highest BCUT2D eigenvalue weighted by Crippen LogP contribution is 2.71. The van der Waals surface area contributed by atoms with E-state index in [1.165, 1.54) is 6.08 Å². The molecule has 0 radical (unpaired) electrons. The van der Waals surface area contributed by atoms with E-state index < -0.39 is 52.1 Å². The Morgan fingerprint density at radius 1 is 1.10 bits per heavy atom. The average Bonchev–Trinajstić information content (AvgIpc) is 3.19. The number of halogens is 1. The van der Waals surface area contributed by atoms with Crippen LogP contribution in [-0.4, -0.2) is 65.4 Å². The van der Waals surface area contributed by atoms with Crippen molar-refractivity contribution in [3.8, 4) is 0 Å². The standard InChI is InChI=1S/C31H43ClO9/c1-6-7-14-38-27(37)41-30(25(35)18-40-26(36)39-17-19(2)3)13-11-22-23-9-8-20-15-21(33)10-12-28(20,4)31(23,32)24(34)16-29(22,30)5/h10,12,15,19,22-24,34H,6-9,11,13-14,16-18H2,1-5H3/t22-,23-,24?,28-,29-,30-,31-/m0/s1. The summed E-state index contributed by atoms with van der Waals surface area (Å²) in [4.78, 5) is 50.1. The largest absolute Gasteiger partial charge is 0.509 e. The molecule has 0 heterocycles. The SMILES string of the molecule is CCCCOC(=O)O[C@]1(C(=O)COC(=O)OCC(C)C)CC[C@H]2[C@@H]3CCC4=CC(=O)C=C[C@]4(C)[C@@]3(Cl)C(O)C[C@@]21C. The van der Waals surface area contributed by atoms with Crippen molar-refractivity contribution in [1.82, 2.24) is 0 Å². The minimum atomic E-state index is -1.70. The molecular weight excluding hydrogens is 552 g/mol. The summed E-state index contributed by atoms with van der Waals surface area (Å²) in [5.74, 6) is -1.04. The molecule has 228 valence electrons. The fraction of sp³-hybridized carbons (Fsp3) is 0.742. The maximum Gasteiger partial charge on any atom is 0.509 e. The third-order valence-electron chi connectivity index (χ3n) is 10.0. The first kappa shape index (κ1) is 31.5. The summed E-state index contributed by atoms with van der Waals surface area (Å²) in [6.07, 6.45) is 5.30. The molecule has 7 atom stereocenters. The van der Waals surface area contributed by atoms with Gasteiger partial charge in [0.2, 0.25) is 5.78 Å². The summed E-state index contributed by atoms with van der Waals surface area (Å²) in [6, 6.07) is 0. The quantitative estimate of drug-likeness (QED) is 0.203. The number of fused-ring (bicyclic) bond motifs is 5. The van der Waals surface area contributed by atoms with E-state index in [2.05, 4.69) is 0 Å². The van der Waals surface area contributed by atoms with Crippen molar-refractivity contribution in [2.45, 2.75) is 96.1 Å². The zero-order chi connectivity index (χ0) is 30.2. The number of ether oxygens (including phenoxy) is 4. The van der Waals surface area contributed by atoms with E-state index in [0.29, 0.717) is 25.7 Å². The molecule has 4 rings (SSSR count). The van der Waals surface area contributed by atoms with E-state index in [4.69, 9.17) is 30.5 Å². The van der Waals surface area contributed by atoms with Crippen molar-refractivity contribution in [2.24, 2.45) is 28.6 Å². The lowest BCUT2D eigenvalue weighted by Crippen LogP contribution is -2.69. The zero-order valence-electron chi connectivity index (χ0n) is 24.7. The van der Waals surface area contributed by atoms with Crippen molar-refractivity contribution in [2.75, 3.05) is 19.8 Å². The molecule has 10 heteroatoms. The minimum Gasteiger partial charge on any atom is -0.434 e. The van der Waals surface area contributed by atoms with E-state index in [1.54, 1.807) is 12.2 Å². The van der Waals surface area contributed by atoms with E-state index in [0.717, 1.165) is 12.0 Å². The van der Waals surface area contributed by atoms with Gasteiger partial charge in [-0.3, -0.25) is 9.59 Å². The van der Waals surface area contributed by atoms with Gasteiger partial charge >= 0.3 is 12.3 Å². The number of aliphatic hydroxyl groups excluding tert-OH is 1. The minimum absolute atomic E-state index is 0.0636. The zero-order valence-corrected chi connectivity index (χ0v) is 25.5. The van der Waals surface area contributed by atoms with Gasteiger partial charge < -0.3 is 24.1 Å². The maximum absolute atomic E-state index is 14.0. The fourth-order valence-corrected chi connectivity index (χ4v) is 8.39. The molecule has 0 aliphatic heterocycles. The summed E-state index contributed by atoms with van der Waals surface area (Å²) in [6.45, 7) is 9.16. The smallest absolute Gasteiger partial charge is 0.434 e. The van der Waals surface area contributed by atoms with Gasteiger partial charge in [0.05, 0.1) is 24.2 Å². The number of unbranched alkanes of at least 4 members (excludes halogenated alkanes) is 1. The Balaban J connectivity index is 1.66. The number of alkyl halides is 1. The topological polar surface area (TPSA) is 125 Å². The molecule has 1 N–H and O–H groups in total.